The molecule has 1 aliphatic carbocycles. The molecule has 2 rings (SSSR count). The molecule has 2 unspecified atom stereocenters. The highest BCUT2D eigenvalue weighted by molar-refractivity contribution is 5.95. The summed E-state index contributed by atoms with van der Waals surface area (Å²) in [5.41, 5.74) is 1.16. The normalized spacial score (nSPS) is 23.7. The monoisotopic (exact) mass is 249 g/mol. The Hall–Kier alpha value is -1.49. The molecule has 98 valence electrons. The van der Waals surface area contributed by atoms with Gasteiger partial charge in [0.05, 0.1) is 23.4 Å². The Kier molecular flexibility index (Phi) is 3.91. The molecule has 1 aromatic rings. The topological polar surface area (TPSA) is 75.1 Å². The van der Waals surface area contributed by atoms with Crippen LogP contribution in [0.5, 0.6) is 0 Å². The molecule has 1 aromatic heterocycles. The number of nitrogens with one attached hydrogen (secondary N) is 1. The minimum absolute atomic E-state index is 0.146. The maximum absolute atomic E-state index is 12.1. The standard InChI is InChI=1S/C13H19N3O2/c1-8-10(7-14-9(2)15-8)13(18)16-11-5-3-4-6-12(11)17/h7,11-12,17H,3-6H2,1-2H3,(H,16,18). The zero-order valence-corrected chi connectivity index (χ0v) is 10.8. The third-order valence-corrected chi connectivity index (χ3v) is 3.39. The molecule has 1 amide bonds. The molecular formula is C13H19N3O2. The van der Waals surface area contributed by atoms with E-state index in [-0.39, 0.29) is 11.9 Å². The van der Waals surface area contributed by atoms with Gasteiger partial charge < -0.3 is 10.4 Å². The van der Waals surface area contributed by atoms with Gasteiger partial charge in [-0.3, -0.25) is 4.79 Å². The van der Waals surface area contributed by atoms with Gasteiger partial charge in [-0.1, -0.05) is 12.8 Å². The van der Waals surface area contributed by atoms with Gasteiger partial charge in [0.25, 0.3) is 5.91 Å². The summed E-state index contributed by atoms with van der Waals surface area (Å²) in [6.07, 6.45) is 4.77. The molecule has 0 aromatic carbocycles. The number of rotatable bonds is 2. The second-order valence-corrected chi connectivity index (χ2v) is 4.85. The minimum atomic E-state index is -0.436. The number of carbonyl (C=O) groups excluding carboxylic acids is 1. The van der Waals surface area contributed by atoms with Gasteiger partial charge >= 0.3 is 0 Å². The molecule has 1 heterocycles. The summed E-state index contributed by atoms with van der Waals surface area (Å²) in [5.74, 6) is 0.459. The summed E-state index contributed by atoms with van der Waals surface area (Å²) >= 11 is 0. The third kappa shape index (κ3) is 2.85. The van der Waals surface area contributed by atoms with Crippen molar-refractivity contribution in [2.24, 2.45) is 0 Å². The molecule has 0 bridgehead atoms. The van der Waals surface area contributed by atoms with E-state index < -0.39 is 6.10 Å². The molecule has 18 heavy (non-hydrogen) atoms. The Bertz CT molecular complexity index is 448. The summed E-state index contributed by atoms with van der Waals surface area (Å²) in [7, 11) is 0. The molecule has 5 nitrogen and oxygen atoms in total. The van der Waals surface area contributed by atoms with E-state index >= 15 is 0 Å². The van der Waals surface area contributed by atoms with Crippen molar-refractivity contribution < 1.29 is 9.90 Å². The van der Waals surface area contributed by atoms with Crippen LogP contribution in [-0.4, -0.2) is 33.1 Å². The molecule has 0 spiro atoms. The predicted octanol–water partition coefficient (Wildman–Crippen LogP) is 1.13. The summed E-state index contributed by atoms with van der Waals surface area (Å²) in [6.45, 7) is 3.58. The quantitative estimate of drug-likeness (QED) is 0.823. The fourth-order valence-corrected chi connectivity index (χ4v) is 2.33. The first-order chi connectivity index (χ1) is 8.58. The van der Waals surface area contributed by atoms with E-state index in [1.165, 1.54) is 0 Å². The van der Waals surface area contributed by atoms with E-state index in [4.69, 9.17) is 0 Å². The van der Waals surface area contributed by atoms with Crippen LogP contribution in [0.15, 0.2) is 6.20 Å². The molecule has 1 saturated carbocycles. The van der Waals surface area contributed by atoms with E-state index in [1.807, 2.05) is 0 Å². The van der Waals surface area contributed by atoms with Crippen molar-refractivity contribution in [2.75, 3.05) is 0 Å². The molecule has 1 aliphatic rings. The second-order valence-electron chi connectivity index (χ2n) is 4.85. The van der Waals surface area contributed by atoms with E-state index in [2.05, 4.69) is 15.3 Å². The van der Waals surface area contributed by atoms with Gasteiger partial charge in [0.1, 0.15) is 5.82 Å². The van der Waals surface area contributed by atoms with E-state index in [0.29, 0.717) is 17.1 Å². The van der Waals surface area contributed by atoms with Crippen LogP contribution in [0.25, 0.3) is 0 Å². The smallest absolute Gasteiger partial charge is 0.255 e. The summed E-state index contributed by atoms with van der Waals surface area (Å²) < 4.78 is 0. The molecule has 0 radical (unpaired) electrons. The highest BCUT2D eigenvalue weighted by Gasteiger charge is 2.25. The molecular weight excluding hydrogens is 230 g/mol. The lowest BCUT2D eigenvalue weighted by Gasteiger charge is -2.28. The maximum Gasteiger partial charge on any atom is 0.255 e. The molecule has 2 N–H and O–H groups in total. The Morgan fingerprint density at radius 2 is 2.11 bits per heavy atom. The lowest BCUT2D eigenvalue weighted by molar-refractivity contribution is 0.0716. The van der Waals surface area contributed by atoms with Crippen molar-refractivity contribution in [3.63, 3.8) is 0 Å². The number of hydrogen-bond donors (Lipinski definition) is 2. The van der Waals surface area contributed by atoms with E-state index in [0.717, 1.165) is 25.7 Å². The molecule has 0 saturated heterocycles. The summed E-state index contributed by atoms with van der Waals surface area (Å²) in [5, 5.41) is 12.7. The van der Waals surface area contributed by atoms with Gasteiger partial charge in [0.2, 0.25) is 0 Å². The third-order valence-electron chi connectivity index (χ3n) is 3.39. The summed E-state index contributed by atoms with van der Waals surface area (Å²) in [6, 6.07) is -0.146. The first kappa shape index (κ1) is 13.0. The lowest BCUT2D eigenvalue weighted by atomic mass is 9.92. The van der Waals surface area contributed by atoms with Gasteiger partial charge in [-0.15, -0.1) is 0 Å². The lowest BCUT2D eigenvalue weighted by Crippen LogP contribution is -2.45. The number of aliphatic hydroxyl groups is 1. The van der Waals surface area contributed by atoms with Gasteiger partial charge in [-0.25, -0.2) is 9.97 Å². The highest BCUT2D eigenvalue weighted by Crippen LogP contribution is 2.19. The van der Waals surface area contributed by atoms with Crippen LogP contribution in [0.3, 0.4) is 0 Å². The number of carbonyl (C=O) groups is 1. The zero-order chi connectivity index (χ0) is 13.1. The number of aliphatic hydroxyl groups excluding tert-OH is 1. The van der Waals surface area contributed by atoms with Crippen molar-refractivity contribution in [2.45, 2.75) is 51.7 Å². The first-order valence-electron chi connectivity index (χ1n) is 6.37. The highest BCUT2D eigenvalue weighted by atomic mass is 16.3. The van der Waals surface area contributed by atoms with Crippen LogP contribution >= 0.6 is 0 Å². The molecule has 5 heteroatoms. The fourth-order valence-electron chi connectivity index (χ4n) is 2.33. The van der Waals surface area contributed by atoms with Crippen LogP contribution in [-0.2, 0) is 0 Å². The second kappa shape index (κ2) is 5.44. The largest absolute Gasteiger partial charge is 0.391 e. The molecule has 1 fully saturated rings. The Labute approximate surface area is 107 Å². The number of hydrogen-bond acceptors (Lipinski definition) is 4. The minimum Gasteiger partial charge on any atom is -0.391 e. The Morgan fingerprint density at radius 1 is 1.39 bits per heavy atom. The first-order valence-corrected chi connectivity index (χ1v) is 6.37. The molecule has 0 aliphatic heterocycles. The average Bonchev–Trinajstić information content (AvgIpc) is 2.32. The van der Waals surface area contributed by atoms with E-state index in [1.54, 1.807) is 20.0 Å². The van der Waals surface area contributed by atoms with Gasteiger partial charge in [-0.05, 0) is 26.7 Å². The van der Waals surface area contributed by atoms with Crippen molar-refractivity contribution >= 4 is 5.91 Å². The van der Waals surface area contributed by atoms with Crippen molar-refractivity contribution in [1.29, 1.82) is 0 Å². The summed E-state index contributed by atoms with van der Waals surface area (Å²) in [4.78, 5) is 20.3. The fraction of sp³-hybridized carbons (Fsp3) is 0.615. The van der Waals surface area contributed by atoms with Gasteiger partial charge in [-0.2, -0.15) is 0 Å². The number of aryl methyl sites for hydroxylation is 2. The van der Waals surface area contributed by atoms with Crippen LogP contribution in [0.2, 0.25) is 0 Å². The number of amides is 1. The van der Waals surface area contributed by atoms with Crippen molar-refractivity contribution in [3.8, 4) is 0 Å². The average molecular weight is 249 g/mol. The Morgan fingerprint density at radius 3 is 2.78 bits per heavy atom. The van der Waals surface area contributed by atoms with Gasteiger partial charge in [0, 0.05) is 6.20 Å². The van der Waals surface area contributed by atoms with Crippen LogP contribution in [0.1, 0.15) is 47.6 Å². The van der Waals surface area contributed by atoms with Crippen LogP contribution in [0, 0.1) is 13.8 Å². The Balaban J connectivity index is 2.07. The maximum atomic E-state index is 12.1. The van der Waals surface area contributed by atoms with Gasteiger partial charge in [0.15, 0.2) is 0 Å². The van der Waals surface area contributed by atoms with Crippen LogP contribution in [0.4, 0.5) is 0 Å². The van der Waals surface area contributed by atoms with Crippen molar-refractivity contribution in [1.82, 2.24) is 15.3 Å². The SMILES string of the molecule is Cc1ncc(C(=O)NC2CCCCC2O)c(C)n1. The predicted molar refractivity (Wildman–Crippen MR) is 67.2 cm³/mol. The van der Waals surface area contributed by atoms with E-state index in [9.17, 15) is 9.90 Å². The van der Waals surface area contributed by atoms with Crippen LogP contribution < -0.4 is 5.32 Å². The number of nitrogens with zero attached hydrogens (tertiary/aromatic N) is 2. The van der Waals surface area contributed by atoms with Crippen molar-refractivity contribution in [3.05, 3.63) is 23.3 Å². The zero-order valence-electron chi connectivity index (χ0n) is 10.8. The number of aromatic nitrogens is 2. The molecule has 2 atom stereocenters.